The summed E-state index contributed by atoms with van der Waals surface area (Å²) in [6.07, 6.45) is 3.33. The van der Waals surface area contributed by atoms with E-state index >= 15 is 0 Å². The fourth-order valence-electron chi connectivity index (χ4n) is 3.44. The number of non-ortho nitro benzene ring substituents is 1. The van der Waals surface area contributed by atoms with Gasteiger partial charge in [-0.1, -0.05) is 30.3 Å². The van der Waals surface area contributed by atoms with E-state index in [0.29, 0.717) is 18.3 Å². The minimum Gasteiger partial charge on any atom is -0.496 e. The molecule has 1 unspecified atom stereocenters. The molecule has 24 heavy (non-hydrogen) atoms. The van der Waals surface area contributed by atoms with Gasteiger partial charge in [-0.3, -0.25) is 15.0 Å². The number of rotatable bonds is 6. The average Bonchev–Trinajstić information content (AvgIpc) is 3.02. The Morgan fingerprint density at radius 2 is 2.04 bits per heavy atom. The lowest BCUT2D eigenvalue weighted by Gasteiger charge is -2.25. The molecular weight excluding hydrogens is 304 g/mol. The van der Waals surface area contributed by atoms with Gasteiger partial charge in [0, 0.05) is 30.3 Å². The summed E-state index contributed by atoms with van der Waals surface area (Å²) in [5.41, 5.74) is 2.33. The Labute approximate surface area is 142 Å². The van der Waals surface area contributed by atoms with E-state index in [0.717, 1.165) is 31.4 Å². The van der Waals surface area contributed by atoms with Gasteiger partial charge in [-0.05, 0) is 37.4 Å². The molecule has 1 aliphatic heterocycles. The van der Waals surface area contributed by atoms with Crippen molar-refractivity contribution in [3.8, 4) is 5.75 Å². The maximum atomic E-state index is 11.0. The molecule has 5 heteroatoms. The van der Waals surface area contributed by atoms with E-state index in [4.69, 9.17) is 4.74 Å². The van der Waals surface area contributed by atoms with Crippen molar-refractivity contribution in [2.75, 3.05) is 13.7 Å². The summed E-state index contributed by atoms with van der Waals surface area (Å²) in [7, 11) is 1.61. The number of hydrogen-bond acceptors (Lipinski definition) is 4. The Balaban J connectivity index is 1.76. The van der Waals surface area contributed by atoms with Crippen LogP contribution in [0, 0.1) is 10.1 Å². The zero-order chi connectivity index (χ0) is 16.9. The molecule has 3 rings (SSSR count). The topological polar surface area (TPSA) is 55.6 Å². The van der Waals surface area contributed by atoms with Crippen molar-refractivity contribution in [3.05, 3.63) is 69.8 Å². The van der Waals surface area contributed by atoms with Crippen LogP contribution in [0.2, 0.25) is 0 Å². The minimum absolute atomic E-state index is 0.115. The minimum atomic E-state index is -0.353. The van der Waals surface area contributed by atoms with Crippen LogP contribution < -0.4 is 4.74 Å². The second-order valence-corrected chi connectivity index (χ2v) is 6.21. The van der Waals surface area contributed by atoms with Crippen LogP contribution in [0.4, 0.5) is 5.69 Å². The monoisotopic (exact) mass is 326 g/mol. The average molecular weight is 326 g/mol. The van der Waals surface area contributed by atoms with E-state index in [9.17, 15) is 10.1 Å². The normalized spacial score (nSPS) is 17.8. The van der Waals surface area contributed by atoms with Crippen LogP contribution in [-0.4, -0.2) is 29.5 Å². The van der Waals surface area contributed by atoms with Crippen molar-refractivity contribution in [2.45, 2.75) is 31.8 Å². The molecule has 5 nitrogen and oxygen atoms in total. The molecule has 0 amide bonds. The number of ether oxygens (including phenoxy) is 1. The Bertz CT molecular complexity index is 703. The highest BCUT2D eigenvalue weighted by atomic mass is 16.6. The van der Waals surface area contributed by atoms with Gasteiger partial charge in [0.2, 0.25) is 0 Å². The maximum absolute atomic E-state index is 11.0. The van der Waals surface area contributed by atoms with Crippen LogP contribution in [-0.2, 0) is 13.0 Å². The number of likely N-dealkylation sites (tertiary alicyclic amines) is 1. The van der Waals surface area contributed by atoms with Crippen LogP contribution in [0.15, 0.2) is 48.5 Å². The summed E-state index contributed by atoms with van der Waals surface area (Å²) < 4.78 is 5.39. The maximum Gasteiger partial charge on any atom is 0.270 e. The van der Waals surface area contributed by atoms with Gasteiger partial charge in [-0.2, -0.15) is 0 Å². The van der Waals surface area contributed by atoms with Gasteiger partial charge in [0.1, 0.15) is 5.75 Å². The summed E-state index contributed by atoms with van der Waals surface area (Å²) in [5.74, 6) is 0.714. The van der Waals surface area contributed by atoms with Gasteiger partial charge in [0.25, 0.3) is 5.69 Å². The van der Waals surface area contributed by atoms with Crippen LogP contribution in [0.5, 0.6) is 5.75 Å². The molecule has 1 saturated heterocycles. The van der Waals surface area contributed by atoms with Crippen LogP contribution in [0.25, 0.3) is 0 Å². The number of hydrogen-bond donors (Lipinski definition) is 0. The zero-order valence-electron chi connectivity index (χ0n) is 13.9. The molecule has 126 valence electrons. The first kappa shape index (κ1) is 16.5. The molecule has 0 N–H and O–H groups in total. The van der Waals surface area contributed by atoms with E-state index < -0.39 is 0 Å². The smallest absolute Gasteiger partial charge is 0.270 e. The molecule has 0 bridgehead atoms. The first-order chi connectivity index (χ1) is 11.7. The lowest BCUT2D eigenvalue weighted by Crippen LogP contribution is -2.30. The van der Waals surface area contributed by atoms with Gasteiger partial charge in [0.15, 0.2) is 0 Å². The number of methoxy groups -OCH3 is 1. The van der Waals surface area contributed by atoms with E-state index in [1.165, 1.54) is 11.6 Å². The van der Waals surface area contributed by atoms with Gasteiger partial charge >= 0.3 is 0 Å². The molecule has 0 aliphatic carbocycles. The molecule has 0 aromatic heterocycles. The van der Waals surface area contributed by atoms with Crippen molar-refractivity contribution >= 4 is 5.69 Å². The Kier molecular flexibility index (Phi) is 5.11. The van der Waals surface area contributed by atoms with Gasteiger partial charge < -0.3 is 4.74 Å². The third-order valence-electron chi connectivity index (χ3n) is 4.66. The molecule has 0 radical (unpaired) electrons. The summed E-state index contributed by atoms with van der Waals surface area (Å²) in [6.45, 7) is 1.70. The number of nitrogens with zero attached hydrogens (tertiary/aromatic N) is 2. The molecule has 1 heterocycles. The third kappa shape index (κ3) is 3.74. The van der Waals surface area contributed by atoms with Crippen LogP contribution >= 0.6 is 0 Å². The Hall–Kier alpha value is -2.40. The van der Waals surface area contributed by atoms with E-state index in [1.807, 2.05) is 6.07 Å². The summed E-state index contributed by atoms with van der Waals surface area (Å²) in [5, 5.41) is 11.0. The van der Waals surface area contributed by atoms with Gasteiger partial charge in [-0.15, -0.1) is 0 Å². The highest BCUT2D eigenvalue weighted by Crippen LogP contribution is 2.29. The molecule has 1 atom stereocenters. The summed E-state index contributed by atoms with van der Waals surface area (Å²) >= 11 is 0. The van der Waals surface area contributed by atoms with E-state index in [1.54, 1.807) is 19.2 Å². The van der Waals surface area contributed by atoms with Crippen LogP contribution in [0.1, 0.15) is 24.0 Å². The molecule has 2 aromatic carbocycles. The molecule has 0 spiro atoms. The Morgan fingerprint density at radius 1 is 1.25 bits per heavy atom. The zero-order valence-corrected chi connectivity index (χ0v) is 13.9. The standard InChI is InChI=1S/C19H22N2O3/c1-24-19-10-9-18(21(22)23)13-16(19)14-20-11-5-8-17(20)12-15-6-3-2-4-7-15/h2-4,6-7,9-10,13,17H,5,8,11-12,14H2,1H3. The highest BCUT2D eigenvalue weighted by molar-refractivity contribution is 5.43. The molecule has 2 aromatic rings. The first-order valence-corrected chi connectivity index (χ1v) is 8.26. The number of benzene rings is 2. The fourth-order valence-corrected chi connectivity index (χ4v) is 3.44. The first-order valence-electron chi connectivity index (χ1n) is 8.26. The molecule has 0 saturated carbocycles. The lowest BCUT2D eigenvalue weighted by molar-refractivity contribution is -0.385. The fraction of sp³-hybridized carbons (Fsp3) is 0.368. The quantitative estimate of drug-likeness (QED) is 0.598. The predicted octanol–water partition coefficient (Wildman–Crippen LogP) is 3.81. The Morgan fingerprint density at radius 3 is 2.75 bits per heavy atom. The van der Waals surface area contributed by atoms with Crippen molar-refractivity contribution in [2.24, 2.45) is 0 Å². The van der Waals surface area contributed by atoms with Gasteiger partial charge in [0.05, 0.1) is 12.0 Å². The van der Waals surface area contributed by atoms with E-state index in [-0.39, 0.29) is 10.6 Å². The largest absolute Gasteiger partial charge is 0.496 e. The third-order valence-corrected chi connectivity index (χ3v) is 4.66. The highest BCUT2D eigenvalue weighted by Gasteiger charge is 2.26. The van der Waals surface area contributed by atoms with E-state index in [2.05, 4.69) is 29.2 Å². The summed E-state index contributed by atoms with van der Waals surface area (Å²) in [4.78, 5) is 13.1. The van der Waals surface area contributed by atoms with Crippen molar-refractivity contribution in [1.29, 1.82) is 0 Å². The van der Waals surface area contributed by atoms with Crippen molar-refractivity contribution < 1.29 is 9.66 Å². The predicted molar refractivity (Wildman–Crippen MR) is 93.2 cm³/mol. The molecular formula is C19H22N2O3. The molecule has 1 aliphatic rings. The number of nitro benzene ring substituents is 1. The van der Waals surface area contributed by atoms with Crippen molar-refractivity contribution in [1.82, 2.24) is 4.90 Å². The summed E-state index contributed by atoms with van der Waals surface area (Å²) in [6, 6.07) is 15.8. The lowest BCUT2D eigenvalue weighted by atomic mass is 10.0. The second-order valence-electron chi connectivity index (χ2n) is 6.21. The molecule has 1 fully saturated rings. The second kappa shape index (κ2) is 7.45. The van der Waals surface area contributed by atoms with Crippen molar-refractivity contribution in [3.63, 3.8) is 0 Å². The SMILES string of the molecule is COc1ccc([N+](=O)[O-])cc1CN1CCCC1Cc1ccccc1. The van der Waals surface area contributed by atoms with Crippen LogP contribution in [0.3, 0.4) is 0 Å². The van der Waals surface area contributed by atoms with Gasteiger partial charge in [-0.25, -0.2) is 0 Å². The number of nitro groups is 1.